The molecule has 2 aromatic rings. The van der Waals surface area contributed by atoms with Gasteiger partial charge in [-0.25, -0.2) is 0 Å². The first-order valence-electron chi connectivity index (χ1n) is 6.15. The number of para-hydroxylation sites is 2. The van der Waals surface area contributed by atoms with Crippen LogP contribution in [0.25, 0.3) is 0 Å². The smallest absolute Gasteiger partial charge is 0.142 e. The summed E-state index contributed by atoms with van der Waals surface area (Å²) in [6, 6.07) is 7.97. The molecule has 0 aliphatic carbocycles. The molecular weight excluding hydrogens is 226 g/mol. The van der Waals surface area contributed by atoms with E-state index in [4.69, 9.17) is 4.74 Å². The van der Waals surface area contributed by atoms with E-state index in [-0.39, 0.29) is 6.10 Å². The first-order valence-corrected chi connectivity index (χ1v) is 6.15. The third-order valence-electron chi connectivity index (χ3n) is 2.65. The zero-order valence-corrected chi connectivity index (χ0v) is 11.0. The second-order valence-corrected chi connectivity index (χ2v) is 4.54. The first-order chi connectivity index (χ1) is 8.66. The number of hydrogen-bond donors (Lipinski definition) is 2. The Morgan fingerprint density at radius 1 is 1.33 bits per heavy atom. The average molecular weight is 245 g/mol. The number of aryl methyl sites for hydroxylation is 1. The number of aromatic nitrogens is 2. The summed E-state index contributed by atoms with van der Waals surface area (Å²) in [5, 5.41) is 10.3. The molecule has 96 valence electrons. The summed E-state index contributed by atoms with van der Waals surface area (Å²) < 4.78 is 5.76. The summed E-state index contributed by atoms with van der Waals surface area (Å²) in [6.07, 6.45) is 2.01. The molecule has 1 aromatic heterocycles. The molecule has 0 amide bonds. The minimum absolute atomic E-state index is 0.170. The molecule has 4 heteroatoms. The van der Waals surface area contributed by atoms with Gasteiger partial charge < -0.3 is 10.1 Å². The van der Waals surface area contributed by atoms with Gasteiger partial charge in [-0.05, 0) is 32.9 Å². The fourth-order valence-electron chi connectivity index (χ4n) is 1.71. The average Bonchev–Trinajstić information content (AvgIpc) is 2.73. The lowest BCUT2D eigenvalue weighted by Crippen LogP contribution is -2.08. The Morgan fingerprint density at radius 3 is 2.78 bits per heavy atom. The van der Waals surface area contributed by atoms with Crippen LogP contribution in [0.1, 0.15) is 25.1 Å². The predicted molar refractivity (Wildman–Crippen MR) is 72.9 cm³/mol. The van der Waals surface area contributed by atoms with E-state index in [0.717, 1.165) is 29.2 Å². The Balaban J connectivity index is 2.07. The predicted octanol–water partition coefficient (Wildman–Crippen LogP) is 3.12. The number of benzene rings is 1. The van der Waals surface area contributed by atoms with Gasteiger partial charge in [0.25, 0.3) is 0 Å². The van der Waals surface area contributed by atoms with Crippen LogP contribution < -0.4 is 10.1 Å². The molecule has 2 N–H and O–H groups in total. The van der Waals surface area contributed by atoms with Crippen molar-refractivity contribution in [3.63, 3.8) is 0 Å². The highest BCUT2D eigenvalue weighted by molar-refractivity contribution is 5.56. The van der Waals surface area contributed by atoms with Crippen molar-refractivity contribution in [3.05, 3.63) is 41.7 Å². The van der Waals surface area contributed by atoms with Crippen LogP contribution in [0.2, 0.25) is 0 Å². The van der Waals surface area contributed by atoms with E-state index in [9.17, 15) is 0 Å². The van der Waals surface area contributed by atoms with Crippen molar-refractivity contribution in [1.29, 1.82) is 0 Å². The molecular formula is C14H19N3O. The molecule has 0 saturated carbocycles. The zero-order chi connectivity index (χ0) is 13.0. The lowest BCUT2D eigenvalue weighted by molar-refractivity contribution is 0.243. The Kier molecular flexibility index (Phi) is 3.87. The monoisotopic (exact) mass is 245 g/mol. The van der Waals surface area contributed by atoms with Gasteiger partial charge in [-0.15, -0.1) is 0 Å². The summed E-state index contributed by atoms with van der Waals surface area (Å²) in [6.45, 7) is 6.80. The van der Waals surface area contributed by atoms with E-state index in [1.54, 1.807) is 0 Å². The van der Waals surface area contributed by atoms with Gasteiger partial charge >= 0.3 is 0 Å². The fourth-order valence-corrected chi connectivity index (χ4v) is 1.71. The topological polar surface area (TPSA) is 49.9 Å². The van der Waals surface area contributed by atoms with Crippen molar-refractivity contribution in [1.82, 2.24) is 10.2 Å². The number of nitrogens with one attached hydrogen (secondary N) is 2. The van der Waals surface area contributed by atoms with Crippen LogP contribution >= 0.6 is 0 Å². The maximum absolute atomic E-state index is 5.76. The van der Waals surface area contributed by atoms with E-state index in [0.29, 0.717) is 0 Å². The molecule has 0 aliphatic heterocycles. The van der Waals surface area contributed by atoms with Crippen molar-refractivity contribution < 1.29 is 4.74 Å². The third-order valence-corrected chi connectivity index (χ3v) is 2.65. The SMILES string of the molecule is Cc1[nH]ncc1CNc1ccccc1OC(C)C. The van der Waals surface area contributed by atoms with Crippen LogP contribution in [-0.2, 0) is 6.54 Å². The molecule has 1 heterocycles. The van der Waals surface area contributed by atoms with E-state index in [1.807, 2.05) is 51.2 Å². The molecule has 0 atom stereocenters. The van der Waals surface area contributed by atoms with Crippen molar-refractivity contribution in [3.8, 4) is 5.75 Å². The molecule has 0 fully saturated rings. The molecule has 2 rings (SSSR count). The van der Waals surface area contributed by atoms with Crippen LogP contribution in [0, 0.1) is 6.92 Å². The molecule has 4 nitrogen and oxygen atoms in total. The second kappa shape index (κ2) is 5.58. The maximum Gasteiger partial charge on any atom is 0.142 e. The molecule has 1 aromatic carbocycles. The molecule has 0 radical (unpaired) electrons. The van der Waals surface area contributed by atoms with Crippen LogP contribution in [0.15, 0.2) is 30.5 Å². The molecule has 0 saturated heterocycles. The third kappa shape index (κ3) is 3.03. The second-order valence-electron chi connectivity index (χ2n) is 4.54. The number of rotatable bonds is 5. The number of anilines is 1. The van der Waals surface area contributed by atoms with E-state index in [1.165, 1.54) is 0 Å². The fraction of sp³-hybridized carbons (Fsp3) is 0.357. The van der Waals surface area contributed by atoms with Crippen LogP contribution in [-0.4, -0.2) is 16.3 Å². The molecule has 0 bridgehead atoms. The van der Waals surface area contributed by atoms with Gasteiger partial charge in [0, 0.05) is 17.8 Å². The highest BCUT2D eigenvalue weighted by Crippen LogP contribution is 2.25. The highest BCUT2D eigenvalue weighted by Gasteiger charge is 2.06. The van der Waals surface area contributed by atoms with Crippen molar-refractivity contribution in [2.75, 3.05) is 5.32 Å². The Bertz CT molecular complexity index is 505. The summed E-state index contributed by atoms with van der Waals surface area (Å²) in [5.74, 6) is 0.883. The van der Waals surface area contributed by atoms with Crippen LogP contribution in [0.4, 0.5) is 5.69 Å². The van der Waals surface area contributed by atoms with E-state index < -0.39 is 0 Å². The van der Waals surface area contributed by atoms with Gasteiger partial charge in [0.05, 0.1) is 18.0 Å². The number of hydrogen-bond acceptors (Lipinski definition) is 3. The van der Waals surface area contributed by atoms with Crippen molar-refractivity contribution in [2.24, 2.45) is 0 Å². The molecule has 0 spiro atoms. The molecule has 18 heavy (non-hydrogen) atoms. The lowest BCUT2D eigenvalue weighted by Gasteiger charge is -2.15. The lowest BCUT2D eigenvalue weighted by atomic mass is 10.2. The minimum Gasteiger partial charge on any atom is -0.489 e. The molecule has 0 aliphatic rings. The largest absolute Gasteiger partial charge is 0.489 e. The van der Waals surface area contributed by atoms with Crippen molar-refractivity contribution in [2.45, 2.75) is 33.4 Å². The van der Waals surface area contributed by atoms with Gasteiger partial charge in [-0.3, -0.25) is 5.10 Å². The Hall–Kier alpha value is -1.97. The summed E-state index contributed by atoms with van der Waals surface area (Å²) >= 11 is 0. The Morgan fingerprint density at radius 2 is 2.11 bits per heavy atom. The normalized spacial score (nSPS) is 10.7. The quantitative estimate of drug-likeness (QED) is 0.851. The van der Waals surface area contributed by atoms with Crippen LogP contribution in [0.3, 0.4) is 0 Å². The first kappa shape index (κ1) is 12.5. The van der Waals surface area contributed by atoms with Gasteiger partial charge in [-0.2, -0.15) is 5.10 Å². The number of aromatic amines is 1. The van der Waals surface area contributed by atoms with Gasteiger partial charge in [0.1, 0.15) is 5.75 Å². The number of H-pyrrole nitrogens is 1. The summed E-state index contributed by atoms with van der Waals surface area (Å²) in [5.41, 5.74) is 3.26. The van der Waals surface area contributed by atoms with E-state index in [2.05, 4.69) is 15.5 Å². The number of ether oxygens (including phenoxy) is 1. The Labute approximate surface area is 107 Å². The van der Waals surface area contributed by atoms with Gasteiger partial charge in [0.15, 0.2) is 0 Å². The van der Waals surface area contributed by atoms with Gasteiger partial charge in [-0.1, -0.05) is 12.1 Å². The zero-order valence-electron chi connectivity index (χ0n) is 11.0. The highest BCUT2D eigenvalue weighted by atomic mass is 16.5. The van der Waals surface area contributed by atoms with Crippen LogP contribution in [0.5, 0.6) is 5.75 Å². The van der Waals surface area contributed by atoms with Crippen molar-refractivity contribution >= 4 is 5.69 Å². The van der Waals surface area contributed by atoms with E-state index >= 15 is 0 Å². The maximum atomic E-state index is 5.76. The summed E-state index contributed by atoms with van der Waals surface area (Å²) in [4.78, 5) is 0. The minimum atomic E-state index is 0.170. The number of nitrogens with zero attached hydrogens (tertiary/aromatic N) is 1. The standard InChI is InChI=1S/C14H19N3O/c1-10(2)18-14-7-5-4-6-13(14)15-8-12-9-16-17-11(12)3/h4-7,9-10,15H,8H2,1-3H3,(H,16,17). The summed E-state index contributed by atoms with van der Waals surface area (Å²) in [7, 11) is 0. The molecule has 0 unspecified atom stereocenters. The van der Waals surface area contributed by atoms with Gasteiger partial charge in [0.2, 0.25) is 0 Å².